The third-order valence-corrected chi connectivity index (χ3v) is 1.64. The highest BCUT2D eigenvalue weighted by Gasteiger charge is 2.09. The average molecular weight is 168 g/mol. The second-order valence-corrected chi connectivity index (χ2v) is 3.61. The van der Waals surface area contributed by atoms with E-state index in [0.29, 0.717) is 5.92 Å². The minimum Gasteiger partial charge on any atom is -0.360 e. The van der Waals surface area contributed by atoms with Crippen LogP contribution in [0.4, 0.5) is 5.82 Å². The van der Waals surface area contributed by atoms with E-state index >= 15 is 0 Å². The number of rotatable bonds is 3. The summed E-state index contributed by atoms with van der Waals surface area (Å²) in [5.74, 6) is 1.58. The lowest BCUT2D eigenvalue weighted by Crippen LogP contribution is -2.12. The minimum atomic E-state index is 0.631. The molecule has 0 aliphatic heterocycles. The summed E-state index contributed by atoms with van der Waals surface area (Å²) >= 11 is 0. The summed E-state index contributed by atoms with van der Waals surface area (Å²) in [5, 5.41) is 10.7. The van der Waals surface area contributed by atoms with Crippen LogP contribution in [-0.2, 0) is 6.42 Å². The van der Waals surface area contributed by atoms with Crippen LogP contribution in [0, 0.1) is 5.92 Å². The first-order valence-corrected chi connectivity index (χ1v) is 4.18. The summed E-state index contributed by atoms with van der Waals surface area (Å²) in [6.45, 7) is 4.36. The Morgan fingerprint density at radius 3 is 2.58 bits per heavy atom. The van der Waals surface area contributed by atoms with Crippen molar-refractivity contribution < 1.29 is 0 Å². The molecule has 0 bridgehead atoms. The molecule has 1 rings (SSSR count). The van der Waals surface area contributed by atoms with Crippen LogP contribution in [0.5, 0.6) is 0 Å². The topological polar surface area (TPSA) is 44.8 Å². The van der Waals surface area contributed by atoms with E-state index in [4.69, 9.17) is 0 Å². The van der Waals surface area contributed by atoms with Crippen LogP contribution in [0.3, 0.4) is 0 Å². The van der Waals surface area contributed by atoms with Crippen LogP contribution in [-0.4, -0.2) is 29.5 Å². The zero-order valence-electron chi connectivity index (χ0n) is 8.13. The van der Waals surface area contributed by atoms with Gasteiger partial charge < -0.3 is 4.90 Å². The first-order chi connectivity index (χ1) is 5.61. The molecule has 0 saturated carbocycles. The van der Waals surface area contributed by atoms with Crippen molar-refractivity contribution >= 4 is 5.82 Å². The van der Waals surface area contributed by atoms with Crippen molar-refractivity contribution in [3.63, 3.8) is 0 Å². The number of aromatic nitrogens is 3. The highest BCUT2D eigenvalue weighted by atomic mass is 15.4. The highest BCUT2D eigenvalue weighted by molar-refractivity contribution is 5.40. The Balaban J connectivity index is 2.77. The average Bonchev–Trinajstić information content (AvgIpc) is 2.33. The third-order valence-electron chi connectivity index (χ3n) is 1.64. The molecule has 4 heteroatoms. The molecular weight excluding hydrogens is 152 g/mol. The third kappa shape index (κ3) is 1.96. The number of hydrogen-bond acceptors (Lipinski definition) is 3. The van der Waals surface area contributed by atoms with Gasteiger partial charge in [0.1, 0.15) is 0 Å². The maximum absolute atomic E-state index is 3.99. The zero-order chi connectivity index (χ0) is 9.14. The van der Waals surface area contributed by atoms with Crippen LogP contribution in [0.15, 0.2) is 0 Å². The number of aromatic amines is 1. The predicted molar refractivity (Wildman–Crippen MR) is 49.3 cm³/mol. The molecule has 1 aromatic rings. The van der Waals surface area contributed by atoms with E-state index in [-0.39, 0.29) is 0 Å². The van der Waals surface area contributed by atoms with Crippen LogP contribution in [0.25, 0.3) is 0 Å². The molecule has 68 valence electrons. The molecule has 0 atom stereocenters. The van der Waals surface area contributed by atoms with Gasteiger partial charge in [0.25, 0.3) is 0 Å². The Kier molecular flexibility index (Phi) is 2.68. The number of nitrogens with one attached hydrogen (secondary N) is 1. The lowest BCUT2D eigenvalue weighted by Gasteiger charge is -2.10. The van der Waals surface area contributed by atoms with Gasteiger partial charge in [-0.15, -0.1) is 5.10 Å². The van der Waals surface area contributed by atoms with Gasteiger partial charge in [0, 0.05) is 14.1 Å². The van der Waals surface area contributed by atoms with Crippen LogP contribution >= 0.6 is 0 Å². The maximum atomic E-state index is 3.99. The highest BCUT2D eigenvalue weighted by Crippen LogP contribution is 2.14. The number of H-pyrrole nitrogens is 1. The lowest BCUT2D eigenvalue weighted by atomic mass is 10.1. The van der Waals surface area contributed by atoms with E-state index in [9.17, 15) is 0 Å². The largest absolute Gasteiger partial charge is 0.360 e. The molecule has 0 aliphatic carbocycles. The van der Waals surface area contributed by atoms with Crippen molar-refractivity contribution in [3.05, 3.63) is 5.69 Å². The van der Waals surface area contributed by atoms with E-state index in [1.807, 2.05) is 19.0 Å². The van der Waals surface area contributed by atoms with Gasteiger partial charge in [-0.3, -0.25) is 5.10 Å². The Morgan fingerprint density at radius 2 is 2.08 bits per heavy atom. The van der Waals surface area contributed by atoms with Gasteiger partial charge in [-0.25, -0.2) is 0 Å². The van der Waals surface area contributed by atoms with Gasteiger partial charge in [0.05, 0.1) is 5.69 Å². The normalized spacial score (nSPS) is 10.8. The molecule has 1 aromatic heterocycles. The smallest absolute Gasteiger partial charge is 0.173 e. The summed E-state index contributed by atoms with van der Waals surface area (Å²) in [7, 11) is 3.95. The molecule has 4 nitrogen and oxygen atoms in total. The molecule has 0 spiro atoms. The van der Waals surface area contributed by atoms with Gasteiger partial charge in [0.15, 0.2) is 5.82 Å². The van der Waals surface area contributed by atoms with Gasteiger partial charge in [-0.2, -0.15) is 0 Å². The fourth-order valence-electron chi connectivity index (χ4n) is 1.15. The molecular formula is C8H16N4. The van der Waals surface area contributed by atoms with Gasteiger partial charge in [0.2, 0.25) is 0 Å². The molecule has 0 aliphatic rings. The van der Waals surface area contributed by atoms with E-state index in [0.717, 1.165) is 17.9 Å². The molecule has 1 N–H and O–H groups in total. The fourth-order valence-corrected chi connectivity index (χ4v) is 1.15. The SMILES string of the molecule is CC(C)Cc1[nH]nnc1N(C)C. The van der Waals surface area contributed by atoms with Crippen molar-refractivity contribution in [2.24, 2.45) is 5.92 Å². The Morgan fingerprint density at radius 1 is 1.42 bits per heavy atom. The lowest BCUT2D eigenvalue weighted by molar-refractivity contribution is 0.633. The number of anilines is 1. The molecule has 0 radical (unpaired) electrons. The summed E-state index contributed by atoms with van der Waals surface area (Å²) in [5.41, 5.74) is 1.12. The number of hydrogen-bond donors (Lipinski definition) is 1. The van der Waals surface area contributed by atoms with Crippen molar-refractivity contribution in [2.45, 2.75) is 20.3 Å². The van der Waals surface area contributed by atoms with Crippen molar-refractivity contribution in [1.29, 1.82) is 0 Å². The van der Waals surface area contributed by atoms with Gasteiger partial charge in [-0.05, 0) is 12.3 Å². The molecule has 0 aromatic carbocycles. The standard InChI is InChI=1S/C8H16N4/c1-6(2)5-7-8(12(3)4)10-11-9-7/h6H,5H2,1-4H3,(H,9,10,11). The zero-order valence-corrected chi connectivity index (χ0v) is 8.13. The maximum Gasteiger partial charge on any atom is 0.173 e. The Labute approximate surface area is 73.0 Å². The van der Waals surface area contributed by atoms with Crippen LogP contribution < -0.4 is 4.90 Å². The first kappa shape index (κ1) is 9.03. The van der Waals surface area contributed by atoms with Crippen LogP contribution in [0.1, 0.15) is 19.5 Å². The van der Waals surface area contributed by atoms with E-state index in [1.165, 1.54) is 0 Å². The van der Waals surface area contributed by atoms with Crippen molar-refractivity contribution in [3.8, 4) is 0 Å². The van der Waals surface area contributed by atoms with Gasteiger partial charge in [-0.1, -0.05) is 19.1 Å². The molecule has 0 saturated heterocycles. The predicted octanol–water partition coefficient (Wildman–Crippen LogP) is 1.07. The van der Waals surface area contributed by atoms with E-state index in [2.05, 4.69) is 29.3 Å². The fraction of sp³-hybridized carbons (Fsp3) is 0.750. The minimum absolute atomic E-state index is 0.631. The quantitative estimate of drug-likeness (QED) is 0.734. The summed E-state index contributed by atoms with van der Waals surface area (Å²) < 4.78 is 0. The molecule has 0 amide bonds. The summed E-state index contributed by atoms with van der Waals surface area (Å²) in [6, 6.07) is 0. The summed E-state index contributed by atoms with van der Waals surface area (Å²) in [6.07, 6.45) is 1.00. The van der Waals surface area contributed by atoms with Crippen molar-refractivity contribution in [1.82, 2.24) is 15.4 Å². The molecule has 12 heavy (non-hydrogen) atoms. The molecule has 0 unspecified atom stereocenters. The first-order valence-electron chi connectivity index (χ1n) is 4.18. The summed E-state index contributed by atoms with van der Waals surface area (Å²) in [4.78, 5) is 1.97. The molecule has 0 fully saturated rings. The molecule has 1 heterocycles. The van der Waals surface area contributed by atoms with Crippen LogP contribution in [0.2, 0.25) is 0 Å². The second kappa shape index (κ2) is 3.56. The Bertz CT molecular complexity index is 239. The Hall–Kier alpha value is -1.06. The van der Waals surface area contributed by atoms with E-state index in [1.54, 1.807) is 0 Å². The van der Waals surface area contributed by atoms with Crippen molar-refractivity contribution in [2.75, 3.05) is 19.0 Å². The van der Waals surface area contributed by atoms with Gasteiger partial charge >= 0.3 is 0 Å². The van der Waals surface area contributed by atoms with E-state index < -0.39 is 0 Å². The second-order valence-electron chi connectivity index (χ2n) is 3.61. The number of nitrogens with zero attached hydrogens (tertiary/aromatic N) is 3. The monoisotopic (exact) mass is 168 g/mol.